The summed E-state index contributed by atoms with van der Waals surface area (Å²) < 4.78 is 24.6. The third kappa shape index (κ3) is 3.05. The number of nitro benzene ring substituents is 1. The van der Waals surface area contributed by atoms with Crippen LogP contribution in [-0.4, -0.2) is 17.5 Å². The summed E-state index contributed by atoms with van der Waals surface area (Å²) in [5.41, 5.74) is 1.29. The quantitative estimate of drug-likeness (QED) is 0.351. The van der Waals surface area contributed by atoms with E-state index in [1.807, 2.05) is 0 Å². The van der Waals surface area contributed by atoms with Gasteiger partial charge in [-0.3, -0.25) is 10.1 Å². The van der Waals surface area contributed by atoms with Crippen LogP contribution in [0.2, 0.25) is 0 Å². The van der Waals surface area contributed by atoms with Crippen molar-refractivity contribution in [2.24, 2.45) is 0 Å². The molecule has 7 heteroatoms. The molecule has 138 valence electrons. The summed E-state index contributed by atoms with van der Waals surface area (Å²) in [6, 6.07) is 8.63. The van der Waals surface area contributed by atoms with Crippen molar-refractivity contribution in [3.05, 3.63) is 63.5 Å². The van der Waals surface area contributed by atoms with Crippen molar-refractivity contribution in [3.8, 4) is 11.3 Å². The lowest BCUT2D eigenvalue weighted by molar-refractivity contribution is -0.385. The number of esters is 1. The Hall–Kier alpha value is -3.22. The second-order valence-corrected chi connectivity index (χ2v) is 6.48. The van der Waals surface area contributed by atoms with E-state index in [9.17, 15) is 19.3 Å². The Morgan fingerprint density at radius 3 is 2.74 bits per heavy atom. The van der Waals surface area contributed by atoms with Crippen molar-refractivity contribution in [1.82, 2.24) is 0 Å². The van der Waals surface area contributed by atoms with E-state index >= 15 is 0 Å². The zero-order chi connectivity index (χ0) is 19.1. The summed E-state index contributed by atoms with van der Waals surface area (Å²) in [5, 5.41) is 11.9. The van der Waals surface area contributed by atoms with Gasteiger partial charge in [0.15, 0.2) is 0 Å². The first-order valence-electron chi connectivity index (χ1n) is 8.67. The molecular formula is C20H16FNO5. The summed E-state index contributed by atoms with van der Waals surface area (Å²) in [4.78, 5) is 23.6. The lowest BCUT2D eigenvalue weighted by Gasteiger charge is -2.04. The maximum Gasteiger partial charge on any atom is 0.342 e. The number of hydrogen-bond donors (Lipinski definition) is 0. The van der Waals surface area contributed by atoms with Crippen molar-refractivity contribution in [2.45, 2.75) is 25.7 Å². The molecule has 0 amide bonds. The zero-order valence-corrected chi connectivity index (χ0v) is 14.5. The Labute approximate surface area is 153 Å². The summed E-state index contributed by atoms with van der Waals surface area (Å²) >= 11 is 0. The second-order valence-electron chi connectivity index (χ2n) is 6.48. The van der Waals surface area contributed by atoms with Crippen molar-refractivity contribution in [2.75, 3.05) is 6.61 Å². The number of hydrogen-bond acceptors (Lipinski definition) is 5. The van der Waals surface area contributed by atoms with Gasteiger partial charge in [0.2, 0.25) is 0 Å². The third-order valence-corrected chi connectivity index (χ3v) is 4.62. The van der Waals surface area contributed by atoms with Gasteiger partial charge in [-0.05, 0) is 43.9 Å². The fraction of sp³-hybridized carbons (Fsp3) is 0.250. The maximum absolute atomic E-state index is 13.7. The first kappa shape index (κ1) is 17.2. The van der Waals surface area contributed by atoms with Crippen LogP contribution in [0.15, 0.2) is 40.8 Å². The predicted octanol–water partition coefficient (Wildman–Crippen LogP) is 5.20. The van der Waals surface area contributed by atoms with Gasteiger partial charge >= 0.3 is 5.97 Å². The van der Waals surface area contributed by atoms with Crippen LogP contribution in [0.4, 0.5) is 10.1 Å². The Balaban J connectivity index is 2.00. The van der Waals surface area contributed by atoms with Gasteiger partial charge in [-0.25, -0.2) is 9.18 Å². The lowest BCUT2D eigenvalue weighted by Crippen LogP contribution is -2.05. The van der Waals surface area contributed by atoms with E-state index in [0.29, 0.717) is 16.5 Å². The normalized spacial score (nSPS) is 13.7. The van der Waals surface area contributed by atoms with Crippen LogP contribution < -0.4 is 0 Å². The van der Waals surface area contributed by atoms with Crippen LogP contribution in [-0.2, 0) is 4.74 Å². The van der Waals surface area contributed by atoms with Gasteiger partial charge in [0.1, 0.15) is 22.7 Å². The van der Waals surface area contributed by atoms with Crippen molar-refractivity contribution < 1.29 is 23.3 Å². The molecule has 0 bridgehead atoms. The number of benzene rings is 2. The molecule has 0 saturated heterocycles. The number of carbonyl (C=O) groups is 1. The lowest BCUT2D eigenvalue weighted by atomic mass is 10.0. The van der Waals surface area contributed by atoms with Crippen LogP contribution in [0.25, 0.3) is 22.3 Å². The Kier molecular flexibility index (Phi) is 4.14. The number of rotatable bonds is 5. The molecule has 0 atom stereocenters. The number of furan rings is 1. The SMILES string of the molecule is CCOC(=O)c1c(-c2cccc(F)c2)oc2cc([N+](=O)[O-])c(C3CC3)cc12. The number of nitrogens with zero attached hydrogens (tertiary/aromatic N) is 1. The molecule has 0 radical (unpaired) electrons. The van der Waals surface area contributed by atoms with Gasteiger partial charge in [-0.1, -0.05) is 12.1 Å². The summed E-state index contributed by atoms with van der Waals surface area (Å²) in [7, 11) is 0. The monoisotopic (exact) mass is 369 g/mol. The molecule has 2 aromatic carbocycles. The minimum Gasteiger partial charge on any atom is -0.462 e. The number of ether oxygens (including phenoxy) is 1. The van der Waals surface area contributed by atoms with E-state index in [1.165, 1.54) is 24.3 Å². The fourth-order valence-corrected chi connectivity index (χ4v) is 3.27. The molecule has 27 heavy (non-hydrogen) atoms. The molecule has 0 spiro atoms. The standard InChI is InChI=1S/C20H16FNO5/c1-2-26-20(23)18-15-9-14(11-6-7-11)16(22(24)25)10-17(15)27-19(18)12-4-3-5-13(21)8-12/h3-5,8-11H,2,6-7H2,1H3. The Morgan fingerprint density at radius 2 is 2.11 bits per heavy atom. The largest absolute Gasteiger partial charge is 0.462 e. The van der Waals surface area contributed by atoms with Crippen LogP contribution in [0.1, 0.15) is 41.6 Å². The van der Waals surface area contributed by atoms with E-state index in [4.69, 9.17) is 9.15 Å². The van der Waals surface area contributed by atoms with E-state index < -0.39 is 16.7 Å². The highest BCUT2D eigenvalue weighted by Crippen LogP contribution is 2.47. The predicted molar refractivity (Wildman–Crippen MR) is 96.2 cm³/mol. The number of carbonyl (C=O) groups excluding carboxylic acids is 1. The van der Waals surface area contributed by atoms with Gasteiger partial charge in [-0.15, -0.1) is 0 Å². The van der Waals surface area contributed by atoms with Crippen molar-refractivity contribution >= 4 is 22.6 Å². The van der Waals surface area contributed by atoms with Gasteiger partial charge in [0.05, 0.1) is 17.6 Å². The van der Waals surface area contributed by atoms with Crippen LogP contribution in [0.3, 0.4) is 0 Å². The molecule has 1 aromatic heterocycles. The zero-order valence-electron chi connectivity index (χ0n) is 14.5. The molecule has 0 unspecified atom stereocenters. The smallest absolute Gasteiger partial charge is 0.342 e. The van der Waals surface area contributed by atoms with Gasteiger partial charge in [-0.2, -0.15) is 0 Å². The molecule has 0 aliphatic heterocycles. The van der Waals surface area contributed by atoms with Gasteiger partial charge in [0.25, 0.3) is 5.69 Å². The molecule has 0 N–H and O–H groups in total. The van der Waals surface area contributed by atoms with Crippen LogP contribution in [0.5, 0.6) is 0 Å². The average Bonchev–Trinajstić information content (AvgIpc) is 3.40. The number of fused-ring (bicyclic) bond motifs is 1. The summed E-state index contributed by atoms with van der Waals surface area (Å²) in [6.45, 7) is 1.85. The molecule has 3 aromatic rings. The second kappa shape index (κ2) is 6.50. The molecular weight excluding hydrogens is 353 g/mol. The first-order chi connectivity index (χ1) is 13.0. The van der Waals surface area contributed by atoms with E-state index in [-0.39, 0.29) is 35.1 Å². The van der Waals surface area contributed by atoms with Gasteiger partial charge < -0.3 is 9.15 Å². The fourth-order valence-electron chi connectivity index (χ4n) is 3.27. The number of nitro groups is 1. The highest BCUT2D eigenvalue weighted by atomic mass is 19.1. The van der Waals surface area contributed by atoms with Crippen LogP contribution in [0, 0.1) is 15.9 Å². The minimum absolute atomic E-state index is 0.0278. The summed E-state index contributed by atoms with van der Waals surface area (Å²) in [6.07, 6.45) is 1.74. The average molecular weight is 369 g/mol. The molecule has 4 rings (SSSR count). The molecule has 1 saturated carbocycles. The van der Waals surface area contributed by atoms with E-state index in [2.05, 4.69) is 0 Å². The van der Waals surface area contributed by atoms with Crippen molar-refractivity contribution in [3.63, 3.8) is 0 Å². The highest BCUT2D eigenvalue weighted by Gasteiger charge is 2.33. The number of halogens is 1. The van der Waals surface area contributed by atoms with Gasteiger partial charge in [0, 0.05) is 16.5 Å². The molecule has 1 fully saturated rings. The minimum atomic E-state index is -0.605. The molecule has 1 aliphatic carbocycles. The summed E-state index contributed by atoms with van der Waals surface area (Å²) in [5.74, 6) is -0.832. The highest BCUT2D eigenvalue weighted by molar-refractivity contribution is 6.09. The molecule has 6 nitrogen and oxygen atoms in total. The Bertz CT molecular complexity index is 1070. The van der Waals surface area contributed by atoms with Crippen LogP contribution >= 0.6 is 0 Å². The molecule has 1 heterocycles. The topological polar surface area (TPSA) is 82.6 Å². The molecule has 1 aliphatic rings. The van der Waals surface area contributed by atoms with E-state index in [1.54, 1.807) is 19.1 Å². The maximum atomic E-state index is 13.7. The van der Waals surface area contributed by atoms with Crippen molar-refractivity contribution in [1.29, 1.82) is 0 Å². The Morgan fingerprint density at radius 1 is 1.33 bits per heavy atom. The first-order valence-corrected chi connectivity index (χ1v) is 8.67. The van der Waals surface area contributed by atoms with E-state index in [0.717, 1.165) is 12.8 Å². The third-order valence-electron chi connectivity index (χ3n) is 4.62.